The summed E-state index contributed by atoms with van der Waals surface area (Å²) in [6, 6.07) is 9.17. The molecule has 1 aromatic heterocycles. The maximum atomic E-state index is 11.2. The van der Waals surface area contributed by atoms with Gasteiger partial charge < -0.3 is 11.1 Å². The molecule has 5 nitrogen and oxygen atoms in total. The van der Waals surface area contributed by atoms with Crippen molar-refractivity contribution in [3.63, 3.8) is 0 Å². The van der Waals surface area contributed by atoms with Crippen LogP contribution in [-0.4, -0.2) is 16.1 Å². The van der Waals surface area contributed by atoms with Crippen molar-refractivity contribution in [2.75, 3.05) is 5.32 Å². The smallest absolute Gasteiger partial charge is 0.271 e. The van der Waals surface area contributed by atoms with E-state index in [-0.39, 0.29) is 10.8 Å². The Morgan fingerprint density at radius 3 is 2.56 bits per heavy atom. The lowest BCUT2D eigenvalue weighted by atomic mass is 10.2. The van der Waals surface area contributed by atoms with E-state index in [2.05, 4.69) is 15.5 Å². The third kappa shape index (κ3) is 2.75. The summed E-state index contributed by atoms with van der Waals surface area (Å²) >= 11 is 5.75. The van der Waals surface area contributed by atoms with Gasteiger partial charge >= 0.3 is 0 Å². The second-order valence-corrected chi connectivity index (χ2v) is 4.17. The Bertz CT molecular complexity index is 583. The number of carbonyl (C=O) groups excluding carboxylic acids is 1. The van der Waals surface area contributed by atoms with E-state index in [1.807, 2.05) is 31.2 Å². The number of hydrogen-bond acceptors (Lipinski definition) is 4. The van der Waals surface area contributed by atoms with Crippen LogP contribution in [0.4, 0.5) is 11.4 Å². The molecule has 0 aliphatic carbocycles. The quantitative estimate of drug-likeness (QED) is 0.889. The Morgan fingerprint density at radius 1 is 1.28 bits per heavy atom. The molecule has 2 rings (SSSR count). The molecule has 3 N–H and O–H groups in total. The first kappa shape index (κ1) is 12.3. The SMILES string of the molecule is Cc1ccc(Nc2cc(Cl)nnc2C(N)=O)cc1. The van der Waals surface area contributed by atoms with Gasteiger partial charge in [0.05, 0.1) is 5.69 Å². The van der Waals surface area contributed by atoms with Gasteiger partial charge in [-0.05, 0) is 19.1 Å². The Labute approximate surface area is 109 Å². The van der Waals surface area contributed by atoms with Crippen molar-refractivity contribution in [2.45, 2.75) is 6.92 Å². The summed E-state index contributed by atoms with van der Waals surface area (Å²) in [5.41, 5.74) is 7.66. The first-order chi connectivity index (χ1) is 8.56. The van der Waals surface area contributed by atoms with Crippen LogP contribution in [0.25, 0.3) is 0 Å². The fourth-order valence-corrected chi connectivity index (χ4v) is 1.58. The van der Waals surface area contributed by atoms with Gasteiger partial charge in [0, 0.05) is 11.8 Å². The highest BCUT2D eigenvalue weighted by Gasteiger charge is 2.11. The van der Waals surface area contributed by atoms with Crippen LogP contribution >= 0.6 is 11.6 Å². The van der Waals surface area contributed by atoms with Gasteiger partial charge in [0.25, 0.3) is 5.91 Å². The van der Waals surface area contributed by atoms with Gasteiger partial charge in [-0.1, -0.05) is 29.3 Å². The minimum Gasteiger partial charge on any atom is -0.364 e. The molecule has 2 aromatic rings. The topological polar surface area (TPSA) is 80.9 Å². The highest BCUT2D eigenvalue weighted by atomic mass is 35.5. The lowest BCUT2D eigenvalue weighted by Gasteiger charge is -2.09. The Kier molecular flexibility index (Phi) is 3.43. The molecule has 1 heterocycles. The minimum absolute atomic E-state index is 0.0555. The van der Waals surface area contributed by atoms with Crippen molar-refractivity contribution < 1.29 is 4.79 Å². The standard InChI is InChI=1S/C12H11ClN4O/c1-7-2-4-8(5-3-7)15-9-6-10(13)16-17-11(9)12(14)18/h2-6H,1H3,(H2,14,18)(H,15,16). The zero-order valence-corrected chi connectivity index (χ0v) is 10.4. The van der Waals surface area contributed by atoms with E-state index in [1.165, 1.54) is 6.07 Å². The first-order valence-electron chi connectivity index (χ1n) is 5.23. The third-order valence-electron chi connectivity index (χ3n) is 2.33. The summed E-state index contributed by atoms with van der Waals surface area (Å²) in [6.07, 6.45) is 0. The summed E-state index contributed by atoms with van der Waals surface area (Å²) in [5.74, 6) is -0.659. The highest BCUT2D eigenvalue weighted by Crippen LogP contribution is 2.21. The van der Waals surface area contributed by atoms with Crippen LogP contribution in [0.15, 0.2) is 30.3 Å². The zero-order valence-electron chi connectivity index (χ0n) is 9.64. The molecule has 0 spiro atoms. The van der Waals surface area contributed by atoms with Crippen LogP contribution in [0.2, 0.25) is 5.15 Å². The molecule has 0 fully saturated rings. The molecule has 0 aliphatic heterocycles. The number of amides is 1. The van der Waals surface area contributed by atoms with Gasteiger partial charge in [-0.3, -0.25) is 4.79 Å². The van der Waals surface area contributed by atoms with E-state index in [1.54, 1.807) is 0 Å². The van der Waals surface area contributed by atoms with Crippen LogP contribution in [0, 0.1) is 6.92 Å². The molecule has 0 radical (unpaired) electrons. The highest BCUT2D eigenvalue weighted by molar-refractivity contribution is 6.29. The average Bonchev–Trinajstić information content (AvgIpc) is 2.32. The second-order valence-electron chi connectivity index (χ2n) is 3.78. The number of hydrogen-bond donors (Lipinski definition) is 2. The predicted molar refractivity (Wildman–Crippen MR) is 70.0 cm³/mol. The molecule has 0 saturated heterocycles. The number of aryl methyl sites for hydroxylation is 1. The molecule has 0 saturated carbocycles. The summed E-state index contributed by atoms with van der Waals surface area (Å²) in [7, 11) is 0. The fourth-order valence-electron chi connectivity index (χ4n) is 1.44. The summed E-state index contributed by atoms with van der Waals surface area (Å²) in [5, 5.41) is 10.5. The number of rotatable bonds is 3. The predicted octanol–water partition coefficient (Wildman–Crippen LogP) is 2.28. The van der Waals surface area contributed by atoms with E-state index < -0.39 is 5.91 Å². The van der Waals surface area contributed by atoms with E-state index in [9.17, 15) is 4.79 Å². The van der Waals surface area contributed by atoms with Gasteiger partial charge in [-0.25, -0.2) is 0 Å². The summed E-state index contributed by atoms with van der Waals surface area (Å²) in [6.45, 7) is 1.99. The Hall–Kier alpha value is -2.14. The lowest BCUT2D eigenvalue weighted by Crippen LogP contribution is -2.16. The molecule has 0 atom stereocenters. The molecule has 1 amide bonds. The van der Waals surface area contributed by atoms with Crippen LogP contribution < -0.4 is 11.1 Å². The van der Waals surface area contributed by atoms with E-state index in [0.29, 0.717) is 5.69 Å². The molecular weight excluding hydrogens is 252 g/mol. The fraction of sp³-hybridized carbons (Fsp3) is 0.0833. The lowest BCUT2D eigenvalue weighted by molar-refractivity contribution is 0.0995. The van der Waals surface area contributed by atoms with Crippen molar-refractivity contribution in [3.05, 3.63) is 46.7 Å². The van der Waals surface area contributed by atoms with Gasteiger partial charge in [-0.15, -0.1) is 10.2 Å². The Balaban J connectivity index is 2.35. The Morgan fingerprint density at radius 2 is 1.94 bits per heavy atom. The van der Waals surface area contributed by atoms with Crippen molar-refractivity contribution in [1.29, 1.82) is 0 Å². The van der Waals surface area contributed by atoms with Gasteiger partial charge in [0.2, 0.25) is 0 Å². The third-order valence-corrected chi connectivity index (χ3v) is 2.51. The second kappa shape index (κ2) is 5.01. The molecule has 6 heteroatoms. The molecule has 18 heavy (non-hydrogen) atoms. The minimum atomic E-state index is -0.659. The molecule has 0 aliphatic rings. The molecule has 1 aromatic carbocycles. The number of anilines is 2. The molecular formula is C12H11ClN4O. The maximum Gasteiger partial charge on any atom is 0.271 e. The van der Waals surface area contributed by atoms with Gasteiger partial charge in [0.1, 0.15) is 0 Å². The van der Waals surface area contributed by atoms with Crippen LogP contribution in [0.1, 0.15) is 16.1 Å². The first-order valence-corrected chi connectivity index (χ1v) is 5.61. The van der Waals surface area contributed by atoms with E-state index in [0.717, 1.165) is 11.3 Å². The van der Waals surface area contributed by atoms with E-state index in [4.69, 9.17) is 17.3 Å². The number of carbonyl (C=O) groups is 1. The van der Waals surface area contributed by atoms with E-state index >= 15 is 0 Å². The molecule has 92 valence electrons. The summed E-state index contributed by atoms with van der Waals surface area (Å²) in [4.78, 5) is 11.2. The normalized spacial score (nSPS) is 10.1. The van der Waals surface area contributed by atoms with Gasteiger partial charge in [-0.2, -0.15) is 0 Å². The van der Waals surface area contributed by atoms with Crippen molar-refractivity contribution in [3.8, 4) is 0 Å². The number of nitrogens with two attached hydrogens (primary N) is 1. The number of aromatic nitrogens is 2. The van der Waals surface area contributed by atoms with Crippen LogP contribution in [-0.2, 0) is 0 Å². The van der Waals surface area contributed by atoms with Crippen molar-refractivity contribution in [1.82, 2.24) is 10.2 Å². The monoisotopic (exact) mass is 262 g/mol. The van der Waals surface area contributed by atoms with Crippen LogP contribution in [0.3, 0.4) is 0 Å². The summed E-state index contributed by atoms with van der Waals surface area (Å²) < 4.78 is 0. The number of primary amides is 1. The molecule has 0 unspecified atom stereocenters. The van der Waals surface area contributed by atoms with Gasteiger partial charge in [0.15, 0.2) is 10.8 Å². The number of halogens is 1. The number of nitrogens with one attached hydrogen (secondary N) is 1. The maximum absolute atomic E-state index is 11.2. The average molecular weight is 263 g/mol. The molecule has 0 bridgehead atoms. The van der Waals surface area contributed by atoms with Crippen molar-refractivity contribution in [2.24, 2.45) is 5.73 Å². The largest absolute Gasteiger partial charge is 0.364 e. The number of benzene rings is 1. The number of nitrogens with zero attached hydrogens (tertiary/aromatic N) is 2. The zero-order chi connectivity index (χ0) is 13.1. The van der Waals surface area contributed by atoms with Crippen molar-refractivity contribution >= 4 is 28.9 Å². The van der Waals surface area contributed by atoms with Crippen LogP contribution in [0.5, 0.6) is 0 Å².